The minimum absolute atomic E-state index is 0.0727. The van der Waals surface area contributed by atoms with Gasteiger partial charge in [-0.15, -0.1) is 0 Å². The van der Waals surface area contributed by atoms with Crippen molar-refractivity contribution in [2.45, 2.75) is 43.2 Å². The Morgan fingerprint density at radius 3 is 2.47 bits per heavy atom. The van der Waals surface area contributed by atoms with E-state index in [1.165, 1.54) is 10.4 Å². The first kappa shape index (κ1) is 21.5. The van der Waals surface area contributed by atoms with Gasteiger partial charge in [0.25, 0.3) is 0 Å². The quantitative estimate of drug-likeness (QED) is 0.605. The summed E-state index contributed by atoms with van der Waals surface area (Å²) < 4.78 is 42.5. The molecule has 1 saturated carbocycles. The van der Waals surface area contributed by atoms with Gasteiger partial charge in [-0.05, 0) is 56.0 Å². The maximum absolute atomic E-state index is 14.1. The van der Waals surface area contributed by atoms with Crippen molar-refractivity contribution in [2.75, 3.05) is 13.1 Å². The van der Waals surface area contributed by atoms with E-state index >= 15 is 0 Å². The summed E-state index contributed by atoms with van der Waals surface area (Å²) in [4.78, 5) is 15.3. The van der Waals surface area contributed by atoms with E-state index in [-0.39, 0.29) is 35.8 Å². The maximum Gasteiger partial charge on any atom is 0.243 e. The molecular formula is C22H24BrFN2O3S. The lowest BCUT2D eigenvalue weighted by Crippen LogP contribution is -2.47. The van der Waals surface area contributed by atoms with E-state index in [1.807, 2.05) is 0 Å². The van der Waals surface area contributed by atoms with Gasteiger partial charge in [-0.1, -0.05) is 34.1 Å². The molecule has 1 unspecified atom stereocenters. The highest BCUT2D eigenvalue weighted by molar-refractivity contribution is 9.10. The van der Waals surface area contributed by atoms with Crippen LogP contribution >= 0.6 is 15.9 Å². The van der Waals surface area contributed by atoms with E-state index in [4.69, 9.17) is 0 Å². The Morgan fingerprint density at radius 1 is 1.10 bits per heavy atom. The highest BCUT2D eigenvalue weighted by Gasteiger charge is 2.39. The second kappa shape index (κ2) is 8.77. The van der Waals surface area contributed by atoms with Gasteiger partial charge >= 0.3 is 0 Å². The predicted molar refractivity (Wildman–Crippen MR) is 116 cm³/mol. The van der Waals surface area contributed by atoms with E-state index in [2.05, 4.69) is 15.9 Å². The Hall–Kier alpha value is -1.77. The minimum atomic E-state index is -3.66. The van der Waals surface area contributed by atoms with E-state index in [9.17, 15) is 17.6 Å². The lowest BCUT2D eigenvalue weighted by atomic mass is 9.97. The molecular weight excluding hydrogens is 471 g/mol. The molecule has 1 saturated heterocycles. The second-order valence-corrected chi connectivity index (χ2v) is 10.8. The SMILES string of the molecule is O=C(C1CCCN(S(=O)(=O)c2ccc(Br)cc2)C1)N(Cc1ccccc1F)C1CC1. The van der Waals surface area contributed by atoms with Crippen molar-refractivity contribution in [3.05, 3.63) is 64.4 Å². The van der Waals surface area contributed by atoms with E-state index in [0.717, 1.165) is 17.3 Å². The molecule has 0 radical (unpaired) electrons. The van der Waals surface area contributed by atoms with Gasteiger partial charge in [0.15, 0.2) is 0 Å². The molecule has 2 fully saturated rings. The molecule has 1 aliphatic carbocycles. The Labute approximate surface area is 185 Å². The fraction of sp³-hybridized carbons (Fsp3) is 0.409. The lowest BCUT2D eigenvalue weighted by molar-refractivity contribution is -0.138. The number of sulfonamides is 1. The average molecular weight is 495 g/mol. The fourth-order valence-corrected chi connectivity index (χ4v) is 5.72. The topological polar surface area (TPSA) is 57.7 Å². The van der Waals surface area contributed by atoms with Crippen molar-refractivity contribution in [2.24, 2.45) is 5.92 Å². The molecule has 0 spiro atoms. The summed E-state index contributed by atoms with van der Waals surface area (Å²) in [6, 6.07) is 13.1. The summed E-state index contributed by atoms with van der Waals surface area (Å²) in [7, 11) is -3.66. The van der Waals surface area contributed by atoms with Crippen LogP contribution in [0.5, 0.6) is 0 Å². The first-order chi connectivity index (χ1) is 14.4. The number of hydrogen-bond donors (Lipinski definition) is 0. The Morgan fingerprint density at radius 2 is 1.80 bits per heavy atom. The van der Waals surface area contributed by atoms with Crippen LogP contribution < -0.4 is 0 Å². The van der Waals surface area contributed by atoms with Crippen LogP contribution in [0, 0.1) is 11.7 Å². The zero-order valence-corrected chi connectivity index (χ0v) is 18.9. The fourth-order valence-electron chi connectivity index (χ4n) is 3.94. The summed E-state index contributed by atoms with van der Waals surface area (Å²) in [5, 5.41) is 0. The zero-order chi connectivity index (χ0) is 21.3. The molecule has 2 aliphatic rings. The maximum atomic E-state index is 14.1. The van der Waals surface area contributed by atoms with Crippen LogP contribution in [-0.2, 0) is 21.4 Å². The van der Waals surface area contributed by atoms with E-state index < -0.39 is 15.9 Å². The minimum Gasteiger partial charge on any atom is -0.335 e. The molecule has 30 heavy (non-hydrogen) atoms. The predicted octanol–water partition coefficient (Wildman–Crippen LogP) is 4.18. The van der Waals surface area contributed by atoms with Gasteiger partial charge in [-0.3, -0.25) is 4.79 Å². The van der Waals surface area contributed by atoms with Crippen molar-refractivity contribution < 1.29 is 17.6 Å². The summed E-state index contributed by atoms with van der Waals surface area (Å²) >= 11 is 3.32. The first-order valence-corrected chi connectivity index (χ1v) is 12.4. The van der Waals surface area contributed by atoms with Gasteiger partial charge in [-0.2, -0.15) is 4.31 Å². The summed E-state index contributed by atoms with van der Waals surface area (Å²) in [5.41, 5.74) is 0.493. The lowest BCUT2D eigenvalue weighted by Gasteiger charge is -2.34. The molecule has 1 heterocycles. The Bertz CT molecular complexity index is 1020. The third-order valence-corrected chi connectivity index (χ3v) is 8.16. The van der Waals surface area contributed by atoms with Crippen LogP contribution in [-0.4, -0.2) is 42.7 Å². The molecule has 160 valence electrons. The van der Waals surface area contributed by atoms with Crippen molar-refractivity contribution in [3.63, 3.8) is 0 Å². The number of rotatable bonds is 6. The Kier molecular flexibility index (Phi) is 6.27. The van der Waals surface area contributed by atoms with Gasteiger partial charge in [0.05, 0.1) is 10.8 Å². The first-order valence-electron chi connectivity index (χ1n) is 10.2. The van der Waals surface area contributed by atoms with Crippen LogP contribution in [0.25, 0.3) is 0 Å². The van der Waals surface area contributed by atoms with Crippen LogP contribution in [0.15, 0.2) is 57.9 Å². The highest BCUT2D eigenvalue weighted by atomic mass is 79.9. The van der Waals surface area contributed by atoms with Crippen molar-refractivity contribution in [1.29, 1.82) is 0 Å². The third-order valence-electron chi connectivity index (χ3n) is 5.75. The van der Waals surface area contributed by atoms with Crippen LogP contribution in [0.2, 0.25) is 0 Å². The van der Waals surface area contributed by atoms with Gasteiger partial charge in [0.1, 0.15) is 5.82 Å². The van der Waals surface area contributed by atoms with E-state index in [1.54, 1.807) is 47.4 Å². The molecule has 1 amide bonds. The summed E-state index contributed by atoms with van der Waals surface area (Å²) in [5.74, 6) is -0.799. The Balaban J connectivity index is 1.51. The molecule has 0 bridgehead atoms. The number of carbonyl (C=O) groups is 1. The van der Waals surface area contributed by atoms with Gasteiger partial charge < -0.3 is 4.90 Å². The molecule has 2 aromatic rings. The van der Waals surface area contributed by atoms with Crippen molar-refractivity contribution >= 4 is 31.9 Å². The molecule has 1 atom stereocenters. The zero-order valence-electron chi connectivity index (χ0n) is 16.5. The number of carbonyl (C=O) groups excluding carboxylic acids is 1. The standard InChI is InChI=1S/C22H24BrFN2O3S/c23-18-7-11-20(12-8-18)30(28,29)25-13-3-5-17(14-25)22(27)26(19-9-10-19)15-16-4-1-2-6-21(16)24/h1-2,4,6-8,11-12,17,19H,3,5,9-10,13-15H2. The molecule has 0 N–H and O–H groups in total. The molecule has 2 aromatic carbocycles. The molecule has 5 nitrogen and oxygen atoms in total. The molecule has 4 rings (SSSR count). The normalized spacial score (nSPS) is 20.1. The number of amides is 1. The molecule has 0 aromatic heterocycles. The monoisotopic (exact) mass is 494 g/mol. The number of piperidine rings is 1. The second-order valence-electron chi connectivity index (χ2n) is 7.94. The molecule has 8 heteroatoms. The number of hydrogen-bond acceptors (Lipinski definition) is 3. The third kappa shape index (κ3) is 4.60. The largest absolute Gasteiger partial charge is 0.335 e. The van der Waals surface area contributed by atoms with Crippen molar-refractivity contribution in [1.82, 2.24) is 9.21 Å². The van der Waals surface area contributed by atoms with Crippen LogP contribution in [0.1, 0.15) is 31.2 Å². The average Bonchev–Trinajstić information content (AvgIpc) is 3.58. The summed E-state index contributed by atoms with van der Waals surface area (Å²) in [6.07, 6.45) is 3.09. The molecule has 1 aliphatic heterocycles. The highest BCUT2D eigenvalue weighted by Crippen LogP contribution is 2.33. The van der Waals surface area contributed by atoms with Crippen molar-refractivity contribution in [3.8, 4) is 0 Å². The van der Waals surface area contributed by atoms with Crippen LogP contribution in [0.4, 0.5) is 4.39 Å². The van der Waals surface area contributed by atoms with E-state index in [0.29, 0.717) is 24.9 Å². The number of halogens is 2. The van der Waals surface area contributed by atoms with Gasteiger partial charge in [0.2, 0.25) is 15.9 Å². The van der Waals surface area contributed by atoms with Gasteiger partial charge in [0, 0.05) is 35.7 Å². The number of nitrogens with zero attached hydrogens (tertiary/aromatic N) is 2. The number of benzene rings is 2. The summed E-state index contributed by atoms with van der Waals surface area (Å²) in [6.45, 7) is 0.794. The van der Waals surface area contributed by atoms with Crippen LogP contribution in [0.3, 0.4) is 0 Å². The smallest absolute Gasteiger partial charge is 0.243 e. The van der Waals surface area contributed by atoms with Gasteiger partial charge in [-0.25, -0.2) is 12.8 Å².